The molecule has 0 unspecified atom stereocenters. The van der Waals surface area contributed by atoms with Gasteiger partial charge in [0.2, 0.25) is 0 Å². The van der Waals surface area contributed by atoms with Crippen molar-refractivity contribution in [1.29, 1.82) is 0 Å². The second-order valence-corrected chi connectivity index (χ2v) is 6.27. The van der Waals surface area contributed by atoms with Gasteiger partial charge in [0.05, 0.1) is 25.2 Å². The van der Waals surface area contributed by atoms with Crippen molar-refractivity contribution >= 4 is 23.0 Å². The van der Waals surface area contributed by atoms with E-state index in [1.54, 1.807) is 37.5 Å². The van der Waals surface area contributed by atoms with Gasteiger partial charge < -0.3 is 18.6 Å². The van der Waals surface area contributed by atoms with Crippen molar-refractivity contribution in [3.8, 4) is 11.5 Å². The van der Waals surface area contributed by atoms with Gasteiger partial charge >= 0.3 is 5.97 Å². The van der Waals surface area contributed by atoms with Crippen LogP contribution in [-0.4, -0.2) is 20.2 Å². The number of ether oxygens (including phenoxy) is 3. The lowest BCUT2D eigenvalue weighted by Crippen LogP contribution is -2.07. The van der Waals surface area contributed by atoms with Gasteiger partial charge in [0.1, 0.15) is 29.4 Å². The zero-order valence-electron chi connectivity index (χ0n) is 16.6. The van der Waals surface area contributed by atoms with Crippen molar-refractivity contribution in [2.75, 3.05) is 14.2 Å². The molecule has 6 heteroatoms. The summed E-state index contributed by atoms with van der Waals surface area (Å²) in [5.41, 5.74) is 1.59. The lowest BCUT2D eigenvalue weighted by Gasteiger charge is -2.11. The van der Waals surface area contributed by atoms with Crippen molar-refractivity contribution in [1.82, 2.24) is 0 Å². The standard InChI is InChI=1S/C23H22O6/c1-4-16-13-20(24)18-10-11-21(27-3)19(23(18)29-16)14-28-22(25)12-7-15-5-8-17(26-2)9-6-15/h5-13H,4,14H2,1-3H3/b12-7+. The van der Waals surface area contributed by atoms with E-state index in [0.717, 1.165) is 11.3 Å². The van der Waals surface area contributed by atoms with Gasteiger partial charge in [0, 0.05) is 18.6 Å². The van der Waals surface area contributed by atoms with E-state index in [-0.39, 0.29) is 12.0 Å². The summed E-state index contributed by atoms with van der Waals surface area (Å²) >= 11 is 0. The Morgan fingerprint density at radius 3 is 2.48 bits per heavy atom. The van der Waals surface area contributed by atoms with Gasteiger partial charge in [-0.1, -0.05) is 19.1 Å². The summed E-state index contributed by atoms with van der Waals surface area (Å²) in [7, 11) is 3.10. The number of methoxy groups -OCH3 is 2. The minimum Gasteiger partial charge on any atom is -0.497 e. The Morgan fingerprint density at radius 1 is 1.07 bits per heavy atom. The normalized spacial score (nSPS) is 11.0. The molecular weight excluding hydrogens is 372 g/mol. The molecule has 0 aliphatic rings. The maximum absolute atomic E-state index is 12.3. The van der Waals surface area contributed by atoms with E-state index < -0.39 is 5.97 Å². The van der Waals surface area contributed by atoms with Crippen molar-refractivity contribution in [2.24, 2.45) is 0 Å². The van der Waals surface area contributed by atoms with E-state index in [2.05, 4.69) is 0 Å². The highest BCUT2D eigenvalue weighted by Crippen LogP contribution is 2.28. The molecule has 0 saturated heterocycles. The van der Waals surface area contributed by atoms with E-state index in [1.807, 2.05) is 19.1 Å². The Balaban J connectivity index is 1.81. The van der Waals surface area contributed by atoms with E-state index in [0.29, 0.717) is 34.5 Å². The molecule has 3 aromatic rings. The first-order chi connectivity index (χ1) is 14.0. The first-order valence-electron chi connectivity index (χ1n) is 9.17. The topological polar surface area (TPSA) is 75.0 Å². The average Bonchev–Trinajstić information content (AvgIpc) is 2.76. The zero-order valence-corrected chi connectivity index (χ0v) is 16.6. The summed E-state index contributed by atoms with van der Waals surface area (Å²) in [4.78, 5) is 24.5. The molecule has 0 fully saturated rings. The number of hydrogen-bond acceptors (Lipinski definition) is 6. The lowest BCUT2D eigenvalue weighted by molar-refractivity contribution is -0.138. The highest BCUT2D eigenvalue weighted by molar-refractivity contribution is 5.87. The van der Waals surface area contributed by atoms with Crippen LogP contribution in [0.2, 0.25) is 0 Å². The molecule has 0 bridgehead atoms. The SMILES string of the molecule is CCc1cc(=O)c2ccc(OC)c(COC(=O)/C=C/c3ccc(OC)cc3)c2o1. The van der Waals surface area contributed by atoms with Crippen LogP contribution in [0.25, 0.3) is 17.0 Å². The molecule has 1 heterocycles. The molecule has 0 N–H and O–H groups in total. The monoisotopic (exact) mass is 394 g/mol. The quantitative estimate of drug-likeness (QED) is 0.443. The molecule has 0 aliphatic carbocycles. The predicted molar refractivity (Wildman–Crippen MR) is 110 cm³/mol. The van der Waals surface area contributed by atoms with Crippen LogP contribution >= 0.6 is 0 Å². The molecule has 29 heavy (non-hydrogen) atoms. The molecule has 0 amide bonds. The van der Waals surface area contributed by atoms with Crippen LogP contribution in [0, 0.1) is 0 Å². The number of carbonyl (C=O) groups is 1. The van der Waals surface area contributed by atoms with Gasteiger partial charge in [0.15, 0.2) is 5.43 Å². The maximum atomic E-state index is 12.3. The Hall–Kier alpha value is -3.54. The lowest BCUT2D eigenvalue weighted by atomic mass is 10.1. The van der Waals surface area contributed by atoms with Crippen molar-refractivity contribution in [3.63, 3.8) is 0 Å². The third-order valence-corrected chi connectivity index (χ3v) is 4.46. The minimum atomic E-state index is -0.520. The van der Waals surface area contributed by atoms with Crippen LogP contribution in [-0.2, 0) is 22.6 Å². The number of esters is 1. The van der Waals surface area contributed by atoms with Crippen molar-refractivity contribution in [3.05, 3.63) is 75.7 Å². The Labute approximate surface area is 168 Å². The van der Waals surface area contributed by atoms with Gasteiger partial charge in [-0.25, -0.2) is 4.79 Å². The Bertz CT molecular complexity index is 1090. The second-order valence-electron chi connectivity index (χ2n) is 6.27. The summed E-state index contributed by atoms with van der Waals surface area (Å²) in [5.74, 6) is 1.26. The zero-order chi connectivity index (χ0) is 20.8. The van der Waals surface area contributed by atoms with Gasteiger partial charge in [-0.3, -0.25) is 4.79 Å². The summed E-state index contributed by atoms with van der Waals surface area (Å²) in [6.07, 6.45) is 3.57. The van der Waals surface area contributed by atoms with Gasteiger partial charge in [0.25, 0.3) is 0 Å². The molecule has 2 aromatic carbocycles. The van der Waals surface area contributed by atoms with Crippen LogP contribution in [0.3, 0.4) is 0 Å². The van der Waals surface area contributed by atoms with Gasteiger partial charge in [-0.15, -0.1) is 0 Å². The van der Waals surface area contributed by atoms with Crippen LogP contribution in [0.4, 0.5) is 0 Å². The van der Waals surface area contributed by atoms with Gasteiger partial charge in [-0.05, 0) is 35.9 Å². The molecule has 3 rings (SSSR count). The number of aryl methyl sites for hydroxylation is 1. The van der Waals surface area contributed by atoms with Crippen molar-refractivity contribution < 1.29 is 23.4 Å². The third-order valence-electron chi connectivity index (χ3n) is 4.46. The van der Waals surface area contributed by atoms with E-state index in [1.165, 1.54) is 19.3 Å². The molecule has 1 aromatic heterocycles. The number of hydrogen-bond donors (Lipinski definition) is 0. The third kappa shape index (κ3) is 4.66. The number of benzene rings is 2. The molecule has 150 valence electrons. The highest BCUT2D eigenvalue weighted by atomic mass is 16.5. The molecule has 0 aliphatic heterocycles. The van der Waals surface area contributed by atoms with E-state index in [4.69, 9.17) is 18.6 Å². The van der Waals surface area contributed by atoms with Crippen LogP contribution in [0.5, 0.6) is 11.5 Å². The van der Waals surface area contributed by atoms with Crippen LogP contribution < -0.4 is 14.9 Å². The Kier molecular flexibility index (Phi) is 6.34. The van der Waals surface area contributed by atoms with Gasteiger partial charge in [-0.2, -0.15) is 0 Å². The summed E-state index contributed by atoms with van der Waals surface area (Å²) in [5, 5.41) is 0.419. The molecule has 0 saturated carbocycles. The molecule has 0 radical (unpaired) electrons. The number of rotatable bonds is 7. The average molecular weight is 394 g/mol. The molecular formula is C23H22O6. The van der Waals surface area contributed by atoms with Crippen LogP contribution in [0.15, 0.2) is 57.8 Å². The first kappa shape index (κ1) is 20.2. The van der Waals surface area contributed by atoms with E-state index >= 15 is 0 Å². The fourth-order valence-electron chi connectivity index (χ4n) is 2.88. The second kappa shape index (κ2) is 9.10. The maximum Gasteiger partial charge on any atom is 0.331 e. The summed E-state index contributed by atoms with van der Waals surface area (Å²) in [6.45, 7) is 1.82. The molecule has 6 nitrogen and oxygen atoms in total. The van der Waals surface area contributed by atoms with Crippen molar-refractivity contribution in [2.45, 2.75) is 20.0 Å². The highest BCUT2D eigenvalue weighted by Gasteiger charge is 2.15. The van der Waals surface area contributed by atoms with E-state index in [9.17, 15) is 9.59 Å². The summed E-state index contributed by atoms with van der Waals surface area (Å²) < 4.78 is 21.7. The minimum absolute atomic E-state index is 0.0809. The van der Waals surface area contributed by atoms with Crippen LogP contribution in [0.1, 0.15) is 23.8 Å². The largest absolute Gasteiger partial charge is 0.497 e. The Morgan fingerprint density at radius 2 is 1.83 bits per heavy atom. The molecule has 0 atom stereocenters. The molecule has 0 spiro atoms. The smallest absolute Gasteiger partial charge is 0.331 e. The number of fused-ring (bicyclic) bond motifs is 1. The fourth-order valence-corrected chi connectivity index (χ4v) is 2.88. The first-order valence-corrected chi connectivity index (χ1v) is 9.17. The summed E-state index contributed by atoms with van der Waals surface area (Å²) in [6, 6.07) is 12.1. The number of carbonyl (C=O) groups excluding carboxylic acids is 1. The predicted octanol–water partition coefficient (Wildman–Crippen LogP) is 4.13. The fraction of sp³-hybridized carbons (Fsp3) is 0.217.